The number of imidazole rings is 1. The van der Waals surface area contributed by atoms with Crippen LogP contribution < -0.4 is 16.4 Å². The number of fused-ring (bicyclic) bond motifs is 1. The van der Waals surface area contributed by atoms with Crippen LogP contribution in [-0.2, 0) is 6.18 Å². The molecule has 182 valence electrons. The predicted molar refractivity (Wildman–Crippen MR) is 131 cm³/mol. The van der Waals surface area contributed by atoms with Crippen molar-refractivity contribution in [3.8, 4) is 0 Å². The van der Waals surface area contributed by atoms with Gasteiger partial charge in [-0.25, -0.2) is 4.98 Å². The number of alkyl halides is 3. The molecule has 1 heterocycles. The van der Waals surface area contributed by atoms with Crippen molar-refractivity contribution in [2.24, 2.45) is 0 Å². The van der Waals surface area contributed by atoms with E-state index in [0.717, 1.165) is 12.1 Å². The number of benzene rings is 3. The van der Waals surface area contributed by atoms with E-state index in [0.29, 0.717) is 21.8 Å². The van der Waals surface area contributed by atoms with E-state index in [2.05, 4.69) is 20.6 Å². The normalized spacial score (nSPS) is 11.1. The van der Waals surface area contributed by atoms with Crippen molar-refractivity contribution in [2.75, 3.05) is 16.4 Å². The monoisotopic (exact) mass is 523 g/mol. The van der Waals surface area contributed by atoms with Crippen LogP contribution in [0.5, 0.6) is 0 Å². The molecule has 0 aliphatic carbocycles. The Morgan fingerprint density at radius 2 is 1.69 bits per heavy atom. The van der Waals surface area contributed by atoms with Crippen LogP contribution in [0.2, 0.25) is 5.02 Å². The summed E-state index contributed by atoms with van der Waals surface area (Å²) < 4.78 is 40.0. The molecule has 2 amide bonds. The summed E-state index contributed by atoms with van der Waals surface area (Å²) in [7, 11) is 0. The molecular weight excluding hydrogens is 506 g/mol. The molecule has 0 unspecified atom stereocenters. The predicted octanol–water partition coefficient (Wildman–Crippen LogP) is 6.05. The lowest BCUT2D eigenvalue weighted by atomic mass is 10.1. The lowest BCUT2D eigenvalue weighted by Gasteiger charge is -2.14. The van der Waals surface area contributed by atoms with Crippen LogP contribution in [-0.4, -0.2) is 21.8 Å². The highest BCUT2D eigenvalue weighted by Crippen LogP contribution is 2.33. The van der Waals surface area contributed by atoms with Crippen LogP contribution in [0.3, 0.4) is 0 Å². The van der Waals surface area contributed by atoms with Gasteiger partial charge in [0.1, 0.15) is 5.52 Å². The fourth-order valence-electron chi connectivity index (χ4n) is 3.44. The smallest absolute Gasteiger partial charge is 0.369 e. The topological polar surface area (TPSA) is 113 Å². The van der Waals surface area contributed by atoms with Crippen molar-refractivity contribution in [2.45, 2.75) is 13.1 Å². The Bertz CT molecular complexity index is 1440. The average molecular weight is 524 g/mol. The number of hydrogen-bond acceptors (Lipinski definition) is 4. The summed E-state index contributed by atoms with van der Waals surface area (Å²) in [6.45, 7) is 1.73. The van der Waals surface area contributed by atoms with E-state index in [9.17, 15) is 22.8 Å². The fourth-order valence-corrected chi connectivity index (χ4v) is 3.62. The van der Waals surface area contributed by atoms with E-state index in [-0.39, 0.29) is 35.1 Å². The van der Waals surface area contributed by atoms with Crippen LogP contribution in [0, 0.1) is 6.92 Å². The van der Waals surface area contributed by atoms with Crippen molar-refractivity contribution in [1.82, 2.24) is 9.97 Å². The van der Waals surface area contributed by atoms with E-state index in [1.165, 1.54) is 24.3 Å². The van der Waals surface area contributed by atoms with Crippen LogP contribution in [0.4, 0.5) is 30.5 Å². The molecule has 0 saturated carbocycles. The Kier molecular flexibility index (Phi) is 7.27. The van der Waals surface area contributed by atoms with Crippen LogP contribution in [0.15, 0.2) is 54.6 Å². The zero-order valence-electron chi connectivity index (χ0n) is 18.0. The van der Waals surface area contributed by atoms with E-state index in [1.807, 2.05) is 0 Å². The van der Waals surface area contributed by atoms with Crippen molar-refractivity contribution in [3.63, 3.8) is 0 Å². The number of carbonyl (C=O) groups excluding carboxylic acids is 2. The molecule has 3 aromatic carbocycles. The molecule has 0 saturated heterocycles. The number of carbonyl (C=O) groups is 2. The van der Waals surface area contributed by atoms with Crippen molar-refractivity contribution in [1.29, 1.82) is 0 Å². The van der Waals surface area contributed by atoms with Gasteiger partial charge in [-0.3, -0.25) is 9.59 Å². The Morgan fingerprint density at radius 1 is 1.00 bits per heavy atom. The number of amides is 2. The molecule has 4 rings (SSSR count). The second kappa shape index (κ2) is 9.85. The number of rotatable bonds is 4. The third-order valence-corrected chi connectivity index (χ3v) is 5.51. The molecule has 0 bridgehead atoms. The van der Waals surface area contributed by atoms with Gasteiger partial charge < -0.3 is 21.4 Å². The molecule has 12 heteroatoms. The van der Waals surface area contributed by atoms with Gasteiger partial charge >= 0.3 is 6.18 Å². The number of nitrogens with one attached hydrogen (secondary N) is 3. The van der Waals surface area contributed by atoms with E-state index in [1.54, 1.807) is 25.1 Å². The highest BCUT2D eigenvalue weighted by atomic mass is 35.5. The molecule has 0 aliphatic rings. The zero-order valence-corrected chi connectivity index (χ0v) is 19.5. The van der Waals surface area contributed by atoms with Gasteiger partial charge in [-0.1, -0.05) is 29.8 Å². The number of nitrogens with zero attached hydrogens (tertiary/aromatic N) is 1. The Hall–Kier alpha value is -3.76. The first kappa shape index (κ1) is 25.9. The fraction of sp³-hybridized carbons (Fsp3) is 0.0870. The number of aromatic nitrogens is 2. The highest BCUT2D eigenvalue weighted by molar-refractivity contribution is 6.31. The molecular formula is C23H18Cl2F3N5O2. The largest absolute Gasteiger partial charge is 0.417 e. The summed E-state index contributed by atoms with van der Waals surface area (Å²) in [6.07, 6.45) is -4.71. The van der Waals surface area contributed by atoms with Gasteiger partial charge in [0.05, 0.1) is 22.2 Å². The third-order valence-electron chi connectivity index (χ3n) is 5.10. The summed E-state index contributed by atoms with van der Waals surface area (Å²) in [4.78, 5) is 32.7. The van der Waals surface area contributed by atoms with Gasteiger partial charge in [0.2, 0.25) is 0 Å². The molecule has 0 fully saturated rings. The molecule has 0 atom stereocenters. The number of nitrogens with two attached hydrogens (primary N) is 1. The molecule has 7 nitrogen and oxygen atoms in total. The van der Waals surface area contributed by atoms with Crippen LogP contribution in [0.1, 0.15) is 31.8 Å². The maximum Gasteiger partial charge on any atom is 0.417 e. The van der Waals surface area contributed by atoms with Crippen molar-refractivity contribution < 1.29 is 22.8 Å². The standard InChI is InChI=1S/C23H17ClF3N5O2.ClH/c1-11-16(24)7-4-8-17(11)30-21(34)14-9-12(10-18-19(14)32-22(28)31-18)29-20(33)13-5-2-3-6-15(13)23(25,26)27;/h2-10H,1H3,(H,29,33)(H,30,34)(H3,28,31,32);1H. The second-order valence-electron chi connectivity index (χ2n) is 7.41. The summed E-state index contributed by atoms with van der Waals surface area (Å²) in [5.41, 5.74) is 5.87. The Morgan fingerprint density at radius 3 is 2.40 bits per heavy atom. The second-order valence-corrected chi connectivity index (χ2v) is 7.81. The molecule has 1 aromatic heterocycles. The molecule has 0 spiro atoms. The SMILES string of the molecule is Cc1c(Cl)cccc1NC(=O)c1cc(NC(=O)c2ccccc2C(F)(F)F)cc2[nH]c(N)nc12.Cl. The van der Waals surface area contributed by atoms with Gasteiger partial charge in [0, 0.05) is 16.4 Å². The van der Waals surface area contributed by atoms with Gasteiger partial charge in [-0.05, 0) is 48.9 Å². The Labute approximate surface area is 208 Å². The van der Waals surface area contributed by atoms with Gasteiger partial charge in [-0.2, -0.15) is 13.2 Å². The lowest BCUT2D eigenvalue weighted by molar-refractivity contribution is -0.137. The van der Waals surface area contributed by atoms with Gasteiger partial charge in [0.25, 0.3) is 11.8 Å². The number of H-pyrrole nitrogens is 1. The molecule has 4 aromatic rings. The number of anilines is 3. The minimum atomic E-state index is -4.71. The number of hydrogen-bond donors (Lipinski definition) is 4. The lowest BCUT2D eigenvalue weighted by Crippen LogP contribution is -2.19. The first-order valence-electron chi connectivity index (χ1n) is 9.88. The van der Waals surface area contributed by atoms with Gasteiger partial charge in [-0.15, -0.1) is 12.4 Å². The van der Waals surface area contributed by atoms with Gasteiger partial charge in [0.15, 0.2) is 5.95 Å². The zero-order chi connectivity index (χ0) is 24.6. The third kappa shape index (κ3) is 5.33. The molecule has 35 heavy (non-hydrogen) atoms. The number of halogens is 5. The minimum absolute atomic E-state index is 0. The first-order valence-corrected chi connectivity index (χ1v) is 10.3. The maximum atomic E-state index is 13.3. The summed E-state index contributed by atoms with van der Waals surface area (Å²) in [6, 6.07) is 12.2. The summed E-state index contributed by atoms with van der Waals surface area (Å²) >= 11 is 6.11. The van der Waals surface area contributed by atoms with E-state index >= 15 is 0 Å². The van der Waals surface area contributed by atoms with Crippen molar-refractivity contribution >= 4 is 64.2 Å². The van der Waals surface area contributed by atoms with E-state index in [4.69, 9.17) is 17.3 Å². The summed E-state index contributed by atoms with van der Waals surface area (Å²) in [5.74, 6) is -1.54. The van der Waals surface area contributed by atoms with Crippen LogP contribution in [0.25, 0.3) is 11.0 Å². The molecule has 0 radical (unpaired) electrons. The minimum Gasteiger partial charge on any atom is -0.369 e. The highest BCUT2D eigenvalue weighted by Gasteiger charge is 2.35. The summed E-state index contributed by atoms with van der Waals surface area (Å²) in [5, 5.41) is 5.61. The number of nitrogen functional groups attached to an aromatic ring is 1. The van der Waals surface area contributed by atoms with Crippen molar-refractivity contribution in [3.05, 3.63) is 81.9 Å². The maximum absolute atomic E-state index is 13.3. The van der Waals surface area contributed by atoms with Crippen LogP contribution >= 0.6 is 24.0 Å². The average Bonchev–Trinajstić information content (AvgIpc) is 3.15. The molecule has 5 N–H and O–H groups in total. The number of aromatic amines is 1. The van der Waals surface area contributed by atoms with E-state index < -0.39 is 29.1 Å². The quantitative estimate of drug-likeness (QED) is 0.260. The first-order chi connectivity index (χ1) is 16.0. The molecule has 0 aliphatic heterocycles. The Balaban J connectivity index is 0.00000342.